The normalized spacial score (nSPS) is 11.7. The lowest BCUT2D eigenvalue weighted by Gasteiger charge is -2.14. The van der Waals surface area contributed by atoms with Gasteiger partial charge in [0.1, 0.15) is 18.1 Å². The van der Waals surface area contributed by atoms with E-state index in [0.717, 1.165) is 6.26 Å². The van der Waals surface area contributed by atoms with Crippen molar-refractivity contribution in [1.82, 2.24) is 0 Å². The molecular formula is C18H24N2O7S2. The zero-order valence-electron chi connectivity index (χ0n) is 16.6. The van der Waals surface area contributed by atoms with Gasteiger partial charge in [0.2, 0.25) is 10.0 Å². The molecule has 0 unspecified atom stereocenters. The van der Waals surface area contributed by atoms with E-state index in [1.807, 2.05) is 0 Å². The number of hydrogen-bond donors (Lipinski definition) is 2. The molecule has 0 fully saturated rings. The fraction of sp³-hybridized carbons (Fsp3) is 0.333. The highest BCUT2D eigenvalue weighted by Gasteiger charge is 2.17. The van der Waals surface area contributed by atoms with E-state index in [-0.39, 0.29) is 22.0 Å². The van der Waals surface area contributed by atoms with Crippen molar-refractivity contribution in [3.63, 3.8) is 0 Å². The summed E-state index contributed by atoms with van der Waals surface area (Å²) in [7, 11) is -4.53. The molecule has 160 valence electrons. The quantitative estimate of drug-likeness (QED) is 0.539. The maximum atomic E-state index is 12.7. The smallest absolute Gasteiger partial charge is 0.261 e. The summed E-state index contributed by atoms with van der Waals surface area (Å²) in [6, 6.07) is 8.76. The lowest BCUT2D eigenvalue weighted by Crippen LogP contribution is -2.15. The van der Waals surface area contributed by atoms with Crippen molar-refractivity contribution in [3.8, 4) is 11.5 Å². The van der Waals surface area contributed by atoms with Crippen LogP contribution in [0.1, 0.15) is 5.56 Å². The summed E-state index contributed by atoms with van der Waals surface area (Å²) in [4.78, 5) is 0.0440. The molecule has 0 aliphatic rings. The fourth-order valence-corrected chi connectivity index (χ4v) is 4.14. The largest absolute Gasteiger partial charge is 0.495 e. The molecule has 0 amide bonds. The fourth-order valence-electron chi connectivity index (χ4n) is 2.45. The molecule has 0 saturated carbocycles. The molecule has 0 atom stereocenters. The SMILES string of the molecule is COCCOc1ccc(S(=O)(=O)Nc2ccc(OC)c(NS(C)(=O)=O)c2)cc1C. The molecule has 0 radical (unpaired) electrons. The Bertz CT molecular complexity index is 1070. The molecule has 0 aliphatic heterocycles. The third-order valence-electron chi connectivity index (χ3n) is 3.75. The van der Waals surface area contributed by atoms with Crippen LogP contribution in [-0.2, 0) is 24.8 Å². The average molecular weight is 445 g/mol. The predicted octanol–water partition coefficient (Wildman–Crippen LogP) is 2.20. The van der Waals surface area contributed by atoms with Crippen molar-refractivity contribution in [2.45, 2.75) is 11.8 Å². The predicted molar refractivity (Wildman–Crippen MR) is 111 cm³/mol. The van der Waals surface area contributed by atoms with Crippen molar-refractivity contribution < 1.29 is 31.0 Å². The molecule has 0 spiro atoms. The van der Waals surface area contributed by atoms with E-state index >= 15 is 0 Å². The first-order valence-corrected chi connectivity index (χ1v) is 11.8. The van der Waals surface area contributed by atoms with Gasteiger partial charge in [0, 0.05) is 7.11 Å². The topological polar surface area (TPSA) is 120 Å². The van der Waals surface area contributed by atoms with Crippen LogP contribution >= 0.6 is 0 Å². The number of anilines is 2. The molecule has 2 aromatic carbocycles. The van der Waals surface area contributed by atoms with Gasteiger partial charge in [0.25, 0.3) is 10.0 Å². The Hall–Kier alpha value is -2.50. The van der Waals surface area contributed by atoms with E-state index in [1.54, 1.807) is 20.1 Å². The summed E-state index contributed by atoms with van der Waals surface area (Å²) in [6.07, 6.45) is 0.988. The minimum absolute atomic E-state index is 0.0440. The van der Waals surface area contributed by atoms with Gasteiger partial charge in [-0.3, -0.25) is 9.44 Å². The van der Waals surface area contributed by atoms with Crippen molar-refractivity contribution >= 4 is 31.4 Å². The summed E-state index contributed by atoms with van der Waals surface area (Å²) >= 11 is 0. The van der Waals surface area contributed by atoms with Crippen LogP contribution in [0.15, 0.2) is 41.3 Å². The Morgan fingerprint density at radius 3 is 2.17 bits per heavy atom. The molecule has 9 nitrogen and oxygen atoms in total. The summed E-state index contributed by atoms with van der Waals surface area (Å²) < 4.78 is 68.8. The van der Waals surface area contributed by atoms with Gasteiger partial charge < -0.3 is 14.2 Å². The number of aryl methyl sites for hydroxylation is 1. The molecule has 0 heterocycles. The summed E-state index contributed by atoms with van der Waals surface area (Å²) in [6.45, 7) is 2.51. The number of nitrogens with one attached hydrogen (secondary N) is 2. The zero-order chi connectivity index (χ0) is 21.7. The van der Waals surface area contributed by atoms with Gasteiger partial charge in [0.15, 0.2) is 0 Å². The highest BCUT2D eigenvalue weighted by molar-refractivity contribution is 7.92. The summed E-state index contributed by atoms with van der Waals surface area (Å²) in [5, 5.41) is 0. The van der Waals surface area contributed by atoms with E-state index in [2.05, 4.69) is 9.44 Å². The monoisotopic (exact) mass is 444 g/mol. The van der Waals surface area contributed by atoms with E-state index in [9.17, 15) is 16.8 Å². The van der Waals surface area contributed by atoms with Crippen LogP contribution in [0, 0.1) is 6.92 Å². The van der Waals surface area contributed by atoms with Crippen LogP contribution in [0.25, 0.3) is 0 Å². The molecule has 2 N–H and O–H groups in total. The maximum absolute atomic E-state index is 12.7. The van der Waals surface area contributed by atoms with Gasteiger partial charge in [-0.2, -0.15) is 0 Å². The van der Waals surface area contributed by atoms with Gasteiger partial charge in [-0.1, -0.05) is 0 Å². The molecule has 0 aliphatic carbocycles. The molecule has 11 heteroatoms. The minimum atomic E-state index is -3.91. The third kappa shape index (κ3) is 6.51. The second-order valence-corrected chi connectivity index (χ2v) is 9.59. The Kier molecular flexibility index (Phi) is 7.33. The first kappa shape index (κ1) is 22.8. The highest BCUT2D eigenvalue weighted by atomic mass is 32.2. The van der Waals surface area contributed by atoms with Crippen LogP contribution in [0.4, 0.5) is 11.4 Å². The number of hydrogen-bond acceptors (Lipinski definition) is 7. The van der Waals surface area contributed by atoms with Crippen LogP contribution in [0.2, 0.25) is 0 Å². The summed E-state index contributed by atoms with van der Waals surface area (Å²) in [5.41, 5.74) is 0.946. The van der Waals surface area contributed by atoms with Crippen molar-refractivity contribution in [2.75, 3.05) is 43.1 Å². The van der Waals surface area contributed by atoms with E-state index < -0.39 is 20.0 Å². The van der Waals surface area contributed by atoms with E-state index in [4.69, 9.17) is 14.2 Å². The Morgan fingerprint density at radius 2 is 1.59 bits per heavy atom. The number of benzene rings is 2. The second-order valence-electron chi connectivity index (χ2n) is 6.16. The molecule has 0 saturated heterocycles. The van der Waals surface area contributed by atoms with Gasteiger partial charge in [-0.25, -0.2) is 16.8 Å². The lowest BCUT2D eigenvalue weighted by molar-refractivity contribution is 0.146. The van der Waals surface area contributed by atoms with E-state index in [0.29, 0.717) is 24.5 Å². The van der Waals surface area contributed by atoms with Crippen LogP contribution in [-0.4, -0.2) is 50.5 Å². The molecule has 29 heavy (non-hydrogen) atoms. The standard InChI is InChI=1S/C18H24N2O7S2/c1-13-11-15(6-8-17(13)27-10-9-25-2)29(23,24)19-14-5-7-18(26-3)16(12-14)20-28(4,21)22/h5-8,11-12,19-20H,9-10H2,1-4H3. The molecule has 2 aromatic rings. The second kappa shape index (κ2) is 9.33. The van der Waals surface area contributed by atoms with Gasteiger partial charge in [-0.15, -0.1) is 0 Å². The van der Waals surface area contributed by atoms with Crippen molar-refractivity contribution in [1.29, 1.82) is 0 Å². The third-order valence-corrected chi connectivity index (χ3v) is 5.72. The zero-order valence-corrected chi connectivity index (χ0v) is 18.2. The van der Waals surface area contributed by atoms with Crippen molar-refractivity contribution in [2.24, 2.45) is 0 Å². The Labute approximate surface area is 171 Å². The highest BCUT2D eigenvalue weighted by Crippen LogP contribution is 2.30. The van der Waals surface area contributed by atoms with Crippen LogP contribution in [0.3, 0.4) is 0 Å². The lowest BCUT2D eigenvalue weighted by atomic mass is 10.2. The van der Waals surface area contributed by atoms with E-state index in [1.165, 1.54) is 37.4 Å². The van der Waals surface area contributed by atoms with Gasteiger partial charge >= 0.3 is 0 Å². The molecule has 0 bridgehead atoms. The first-order valence-electron chi connectivity index (χ1n) is 8.47. The number of ether oxygens (including phenoxy) is 3. The van der Waals surface area contributed by atoms with Crippen LogP contribution in [0.5, 0.6) is 11.5 Å². The van der Waals surface area contributed by atoms with Gasteiger partial charge in [0.05, 0.1) is 36.2 Å². The molecular weight excluding hydrogens is 420 g/mol. The Balaban J connectivity index is 2.27. The average Bonchev–Trinajstić information content (AvgIpc) is 2.61. The Morgan fingerprint density at radius 1 is 0.897 bits per heavy atom. The number of methoxy groups -OCH3 is 2. The maximum Gasteiger partial charge on any atom is 0.261 e. The first-order chi connectivity index (χ1) is 13.6. The van der Waals surface area contributed by atoms with Crippen molar-refractivity contribution in [3.05, 3.63) is 42.0 Å². The minimum Gasteiger partial charge on any atom is -0.495 e. The van der Waals surface area contributed by atoms with Gasteiger partial charge in [-0.05, 0) is 48.9 Å². The number of rotatable bonds is 10. The molecule has 0 aromatic heterocycles. The summed E-state index contributed by atoms with van der Waals surface area (Å²) in [5.74, 6) is 0.817. The number of sulfonamides is 2. The molecule has 2 rings (SSSR count). The van der Waals surface area contributed by atoms with Crippen LogP contribution < -0.4 is 18.9 Å².